The van der Waals surface area contributed by atoms with Crippen LogP contribution in [0.4, 0.5) is 0 Å². The van der Waals surface area contributed by atoms with Crippen LogP contribution in [0.25, 0.3) is 0 Å². The number of halogens is 2. The van der Waals surface area contributed by atoms with Crippen LogP contribution in [-0.2, 0) is 6.42 Å². The van der Waals surface area contributed by atoms with Crippen molar-refractivity contribution in [1.29, 1.82) is 0 Å². The van der Waals surface area contributed by atoms with E-state index in [1.165, 1.54) is 0 Å². The molecule has 0 aliphatic carbocycles. The van der Waals surface area contributed by atoms with Crippen LogP contribution in [0.5, 0.6) is 0 Å². The van der Waals surface area contributed by atoms with Crippen molar-refractivity contribution in [3.8, 4) is 0 Å². The van der Waals surface area contributed by atoms with Crippen molar-refractivity contribution >= 4 is 27.5 Å². The molecule has 1 atom stereocenters. The Morgan fingerprint density at radius 1 is 1.17 bits per heavy atom. The SMILES string of the molecule is Cc1ccc(Br)c(C(O)Cc2ccc(Cl)cc2)c1. The van der Waals surface area contributed by atoms with E-state index < -0.39 is 6.10 Å². The molecule has 0 aromatic heterocycles. The van der Waals surface area contributed by atoms with Crippen molar-refractivity contribution < 1.29 is 5.11 Å². The predicted molar refractivity (Wildman–Crippen MR) is 79.0 cm³/mol. The van der Waals surface area contributed by atoms with Gasteiger partial charge < -0.3 is 5.11 Å². The number of rotatable bonds is 3. The van der Waals surface area contributed by atoms with Gasteiger partial charge in [-0.25, -0.2) is 0 Å². The molecule has 0 heterocycles. The molecule has 2 rings (SSSR count). The van der Waals surface area contributed by atoms with Gasteiger partial charge >= 0.3 is 0 Å². The number of aliphatic hydroxyl groups is 1. The first-order valence-electron chi connectivity index (χ1n) is 5.75. The lowest BCUT2D eigenvalue weighted by Crippen LogP contribution is -2.03. The Labute approximate surface area is 121 Å². The second kappa shape index (κ2) is 5.87. The molecule has 1 nitrogen and oxygen atoms in total. The number of hydrogen-bond donors (Lipinski definition) is 1. The van der Waals surface area contributed by atoms with Gasteiger partial charge in [-0.15, -0.1) is 0 Å². The number of hydrogen-bond acceptors (Lipinski definition) is 1. The molecule has 0 aliphatic rings. The molecule has 0 saturated heterocycles. The van der Waals surface area contributed by atoms with Gasteiger partial charge in [-0.3, -0.25) is 0 Å². The average Bonchev–Trinajstić information content (AvgIpc) is 2.35. The van der Waals surface area contributed by atoms with E-state index in [-0.39, 0.29) is 0 Å². The summed E-state index contributed by atoms with van der Waals surface area (Å²) in [5.74, 6) is 0. The van der Waals surface area contributed by atoms with Crippen LogP contribution in [0, 0.1) is 6.92 Å². The quantitative estimate of drug-likeness (QED) is 0.868. The molecule has 0 radical (unpaired) electrons. The summed E-state index contributed by atoms with van der Waals surface area (Å²) in [6, 6.07) is 13.6. The normalized spacial score (nSPS) is 12.4. The van der Waals surface area contributed by atoms with Crippen molar-refractivity contribution in [2.45, 2.75) is 19.4 Å². The smallest absolute Gasteiger partial charge is 0.0841 e. The summed E-state index contributed by atoms with van der Waals surface area (Å²) in [7, 11) is 0. The highest BCUT2D eigenvalue weighted by molar-refractivity contribution is 9.10. The predicted octanol–water partition coefficient (Wildman–Crippen LogP) is 4.69. The lowest BCUT2D eigenvalue weighted by molar-refractivity contribution is 0.177. The van der Waals surface area contributed by atoms with E-state index >= 15 is 0 Å². The third-order valence-electron chi connectivity index (χ3n) is 2.85. The fraction of sp³-hybridized carbons (Fsp3) is 0.200. The second-order valence-corrected chi connectivity index (χ2v) is 5.66. The van der Waals surface area contributed by atoms with E-state index in [4.69, 9.17) is 11.6 Å². The Kier molecular flexibility index (Phi) is 4.44. The van der Waals surface area contributed by atoms with Gasteiger partial charge in [-0.2, -0.15) is 0 Å². The van der Waals surface area contributed by atoms with Crippen LogP contribution in [0.1, 0.15) is 22.8 Å². The Morgan fingerprint density at radius 3 is 2.50 bits per heavy atom. The first kappa shape index (κ1) is 13.6. The van der Waals surface area contributed by atoms with Crippen molar-refractivity contribution in [2.75, 3.05) is 0 Å². The Hall–Kier alpha value is -0.830. The van der Waals surface area contributed by atoms with Gasteiger partial charge in [0.1, 0.15) is 0 Å². The van der Waals surface area contributed by atoms with E-state index in [2.05, 4.69) is 15.9 Å². The molecule has 0 aliphatic heterocycles. The van der Waals surface area contributed by atoms with E-state index in [1.54, 1.807) is 0 Å². The van der Waals surface area contributed by atoms with Crippen molar-refractivity contribution in [1.82, 2.24) is 0 Å². The molecule has 0 saturated carbocycles. The Bertz CT molecular complexity index is 537. The zero-order valence-corrected chi connectivity index (χ0v) is 12.4. The third-order valence-corrected chi connectivity index (χ3v) is 3.83. The molecule has 0 amide bonds. The molecule has 18 heavy (non-hydrogen) atoms. The molecule has 1 unspecified atom stereocenters. The van der Waals surface area contributed by atoms with Crippen LogP contribution in [-0.4, -0.2) is 5.11 Å². The maximum atomic E-state index is 10.3. The maximum absolute atomic E-state index is 10.3. The molecule has 2 aromatic carbocycles. The monoisotopic (exact) mass is 324 g/mol. The summed E-state index contributed by atoms with van der Waals surface area (Å²) in [6.07, 6.45) is 0.0691. The van der Waals surface area contributed by atoms with E-state index in [9.17, 15) is 5.11 Å². The average molecular weight is 326 g/mol. The topological polar surface area (TPSA) is 20.2 Å². The van der Waals surface area contributed by atoms with Gasteiger partial charge in [0, 0.05) is 15.9 Å². The molecule has 3 heteroatoms. The van der Waals surface area contributed by atoms with Crippen LogP contribution in [0.3, 0.4) is 0 Å². The first-order valence-corrected chi connectivity index (χ1v) is 6.92. The minimum Gasteiger partial charge on any atom is -0.388 e. The van der Waals surface area contributed by atoms with Crippen molar-refractivity contribution in [3.05, 3.63) is 68.7 Å². The highest BCUT2D eigenvalue weighted by Gasteiger charge is 2.12. The van der Waals surface area contributed by atoms with Gasteiger partial charge in [-0.1, -0.05) is 57.4 Å². The fourth-order valence-corrected chi connectivity index (χ4v) is 2.51. The van der Waals surface area contributed by atoms with Crippen LogP contribution in [0.15, 0.2) is 46.9 Å². The molecular formula is C15H14BrClO. The first-order chi connectivity index (χ1) is 8.56. The maximum Gasteiger partial charge on any atom is 0.0841 e. The Morgan fingerprint density at radius 2 is 1.83 bits per heavy atom. The van der Waals surface area contributed by atoms with Gasteiger partial charge in [0.05, 0.1) is 6.10 Å². The van der Waals surface area contributed by atoms with Crippen LogP contribution in [0.2, 0.25) is 5.02 Å². The van der Waals surface area contributed by atoms with E-state index in [1.807, 2.05) is 49.4 Å². The van der Waals surface area contributed by atoms with E-state index in [0.29, 0.717) is 11.4 Å². The molecule has 0 spiro atoms. The highest BCUT2D eigenvalue weighted by Crippen LogP contribution is 2.27. The molecule has 1 N–H and O–H groups in total. The lowest BCUT2D eigenvalue weighted by Gasteiger charge is -2.14. The minimum atomic E-state index is -0.513. The van der Waals surface area contributed by atoms with Gasteiger partial charge in [0.25, 0.3) is 0 Å². The summed E-state index contributed by atoms with van der Waals surface area (Å²) >= 11 is 9.32. The second-order valence-electron chi connectivity index (χ2n) is 4.37. The van der Waals surface area contributed by atoms with Crippen molar-refractivity contribution in [2.24, 2.45) is 0 Å². The number of aliphatic hydroxyl groups excluding tert-OH is 1. The summed E-state index contributed by atoms with van der Waals surface area (Å²) < 4.78 is 0.939. The molecule has 94 valence electrons. The molecule has 2 aromatic rings. The summed E-state index contributed by atoms with van der Waals surface area (Å²) in [5.41, 5.74) is 3.13. The largest absolute Gasteiger partial charge is 0.388 e. The summed E-state index contributed by atoms with van der Waals surface area (Å²) in [5, 5.41) is 11.0. The van der Waals surface area contributed by atoms with Crippen molar-refractivity contribution in [3.63, 3.8) is 0 Å². The van der Waals surface area contributed by atoms with Crippen LogP contribution < -0.4 is 0 Å². The number of benzene rings is 2. The van der Waals surface area contributed by atoms with E-state index in [0.717, 1.165) is 21.2 Å². The van der Waals surface area contributed by atoms with Crippen LogP contribution >= 0.6 is 27.5 Å². The van der Waals surface area contributed by atoms with Gasteiger partial charge in [-0.05, 0) is 36.2 Å². The molecular weight excluding hydrogens is 312 g/mol. The zero-order valence-electron chi connectivity index (χ0n) is 10.0. The summed E-state index contributed by atoms with van der Waals surface area (Å²) in [4.78, 5) is 0. The van der Waals surface area contributed by atoms with Gasteiger partial charge in [0.2, 0.25) is 0 Å². The lowest BCUT2D eigenvalue weighted by atomic mass is 10.0. The third kappa shape index (κ3) is 3.35. The fourth-order valence-electron chi connectivity index (χ4n) is 1.87. The highest BCUT2D eigenvalue weighted by atomic mass is 79.9. The zero-order chi connectivity index (χ0) is 13.1. The summed E-state index contributed by atoms with van der Waals surface area (Å²) in [6.45, 7) is 2.02. The molecule has 0 bridgehead atoms. The minimum absolute atomic E-state index is 0.513. The Balaban J connectivity index is 2.18. The van der Waals surface area contributed by atoms with Gasteiger partial charge in [0.15, 0.2) is 0 Å². The standard InChI is InChI=1S/C15H14BrClO/c1-10-2-7-14(16)13(8-10)15(18)9-11-3-5-12(17)6-4-11/h2-8,15,18H,9H2,1H3. The number of aryl methyl sites for hydroxylation is 1. The molecule has 0 fully saturated rings.